The minimum Gasteiger partial charge on any atom is -0.468 e. The highest BCUT2D eigenvalue weighted by molar-refractivity contribution is 7.15. The first-order valence-electron chi connectivity index (χ1n) is 8.90. The van der Waals surface area contributed by atoms with Gasteiger partial charge in [0.1, 0.15) is 5.76 Å². The van der Waals surface area contributed by atoms with Crippen molar-refractivity contribution >= 4 is 57.0 Å². The lowest BCUT2D eigenvalue weighted by Gasteiger charge is -2.20. The maximum Gasteiger partial charge on any atom is 0.434 e. The fourth-order valence-corrected chi connectivity index (χ4v) is 4.80. The second-order valence-electron chi connectivity index (χ2n) is 6.45. The Kier molecular flexibility index (Phi) is 7.57. The van der Waals surface area contributed by atoms with Crippen molar-refractivity contribution in [1.29, 1.82) is 0 Å². The molecule has 0 aliphatic heterocycles. The van der Waals surface area contributed by atoms with Gasteiger partial charge in [-0.15, -0.1) is 0 Å². The molecule has 0 fully saturated rings. The van der Waals surface area contributed by atoms with Crippen LogP contribution in [0.5, 0.6) is 0 Å². The molecule has 0 aliphatic carbocycles. The molecule has 0 spiro atoms. The second kappa shape index (κ2) is 9.78. The van der Waals surface area contributed by atoms with Gasteiger partial charge in [-0.1, -0.05) is 53.1 Å². The number of rotatable bonds is 8. The number of halogens is 6. The molecule has 0 saturated carbocycles. The van der Waals surface area contributed by atoms with Crippen LogP contribution in [0, 0.1) is 0 Å². The van der Waals surface area contributed by atoms with Crippen molar-refractivity contribution < 1.29 is 17.6 Å². The number of furan rings is 1. The predicted molar refractivity (Wildman–Crippen MR) is 115 cm³/mol. The minimum atomic E-state index is -4.60. The van der Waals surface area contributed by atoms with Crippen LogP contribution < -0.4 is 5.32 Å². The van der Waals surface area contributed by atoms with Crippen LogP contribution in [0.25, 0.3) is 0 Å². The molecule has 2 aromatic heterocycles. The Morgan fingerprint density at radius 2 is 1.87 bits per heavy atom. The molecular formula is C19H17Cl3F3N3OS. The molecule has 0 amide bonds. The number of anilines is 2. The van der Waals surface area contributed by atoms with E-state index in [-0.39, 0.29) is 32.3 Å². The summed E-state index contributed by atoms with van der Waals surface area (Å²) in [6.45, 7) is 3.04. The van der Waals surface area contributed by atoms with Gasteiger partial charge in [-0.3, -0.25) is 4.90 Å². The number of nitrogens with one attached hydrogen (secondary N) is 1. The quantitative estimate of drug-likeness (QED) is 0.343. The largest absolute Gasteiger partial charge is 0.468 e. The minimum absolute atomic E-state index is 0.0397. The maximum atomic E-state index is 13.6. The predicted octanol–water partition coefficient (Wildman–Crippen LogP) is 7.87. The molecular weight excluding hydrogens is 482 g/mol. The highest BCUT2D eigenvalue weighted by Gasteiger charge is 2.38. The van der Waals surface area contributed by atoms with E-state index in [0.29, 0.717) is 23.9 Å². The summed E-state index contributed by atoms with van der Waals surface area (Å²) in [7, 11) is 0. The van der Waals surface area contributed by atoms with E-state index in [1.165, 1.54) is 18.4 Å². The molecule has 0 radical (unpaired) electrons. The molecule has 1 N–H and O–H groups in total. The summed E-state index contributed by atoms with van der Waals surface area (Å²) < 4.78 is 46.2. The van der Waals surface area contributed by atoms with Gasteiger partial charge in [0, 0.05) is 11.6 Å². The first kappa shape index (κ1) is 23.2. The first-order valence-corrected chi connectivity index (χ1v) is 10.9. The molecule has 0 aliphatic rings. The molecule has 162 valence electrons. The summed E-state index contributed by atoms with van der Waals surface area (Å²) in [5, 5.41) is 3.53. The fraction of sp³-hybridized carbons (Fsp3) is 0.316. The van der Waals surface area contributed by atoms with E-state index in [4.69, 9.17) is 39.2 Å². The fourth-order valence-electron chi connectivity index (χ4n) is 2.86. The Balaban J connectivity index is 1.89. The molecule has 4 nitrogen and oxygen atoms in total. The number of nitrogens with zero attached hydrogens (tertiary/aromatic N) is 2. The van der Waals surface area contributed by atoms with E-state index < -0.39 is 11.9 Å². The monoisotopic (exact) mass is 497 g/mol. The van der Waals surface area contributed by atoms with Crippen LogP contribution in [0.15, 0.2) is 34.9 Å². The van der Waals surface area contributed by atoms with Gasteiger partial charge >= 0.3 is 6.18 Å². The second-order valence-corrected chi connectivity index (χ2v) is 8.78. The molecule has 0 atom stereocenters. The normalized spacial score (nSPS) is 12.0. The van der Waals surface area contributed by atoms with Gasteiger partial charge in [0.25, 0.3) is 0 Å². The van der Waals surface area contributed by atoms with Crippen LogP contribution >= 0.6 is 46.1 Å². The third-order valence-electron chi connectivity index (χ3n) is 4.07. The smallest absolute Gasteiger partial charge is 0.434 e. The van der Waals surface area contributed by atoms with Gasteiger partial charge in [-0.2, -0.15) is 13.2 Å². The number of thiazole rings is 1. The zero-order chi connectivity index (χ0) is 21.9. The lowest BCUT2D eigenvalue weighted by molar-refractivity contribution is -0.141. The lowest BCUT2D eigenvalue weighted by Crippen LogP contribution is -2.24. The highest BCUT2D eigenvalue weighted by atomic mass is 35.5. The Morgan fingerprint density at radius 3 is 2.43 bits per heavy atom. The Bertz CT molecular complexity index is 970. The Hall–Kier alpha value is -1.45. The van der Waals surface area contributed by atoms with Crippen molar-refractivity contribution in [2.45, 2.75) is 32.6 Å². The van der Waals surface area contributed by atoms with E-state index >= 15 is 0 Å². The molecule has 1 aromatic carbocycles. The topological polar surface area (TPSA) is 41.3 Å². The van der Waals surface area contributed by atoms with Crippen LogP contribution in [-0.2, 0) is 19.3 Å². The van der Waals surface area contributed by atoms with E-state index in [9.17, 15) is 13.2 Å². The van der Waals surface area contributed by atoms with Crippen LogP contribution in [0.4, 0.5) is 24.0 Å². The molecule has 0 bridgehead atoms. The average Bonchev–Trinajstić information content (AvgIpc) is 3.28. The zero-order valence-corrected chi connectivity index (χ0v) is 18.8. The summed E-state index contributed by atoms with van der Waals surface area (Å²) >= 11 is 19.1. The van der Waals surface area contributed by atoms with Crippen LogP contribution in [-0.4, -0.2) is 16.4 Å². The summed E-state index contributed by atoms with van der Waals surface area (Å²) in [5.41, 5.74) is -0.686. The molecule has 0 unspecified atom stereocenters. The van der Waals surface area contributed by atoms with Gasteiger partial charge < -0.3 is 9.73 Å². The van der Waals surface area contributed by atoms with Crippen molar-refractivity contribution in [1.82, 2.24) is 9.88 Å². The van der Waals surface area contributed by atoms with Crippen LogP contribution in [0.2, 0.25) is 15.1 Å². The van der Waals surface area contributed by atoms with Crippen molar-refractivity contribution in [2.75, 3.05) is 11.9 Å². The number of benzene rings is 1. The molecule has 11 heteroatoms. The number of hydrogen-bond donors (Lipinski definition) is 1. The molecule has 2 heterocycles. The Morgan fingerprint density at radius 1 is 1.17 bits per heavy atom. The number of hydrogen-bond acceptors (Lipinski definition) is 5. The molecule has 3 aromatic rings. The first-order chi connectivity index (χ1) is 14.2. The van der Waals surface area contributed by atoms with E-state index in [2.05, 4.69) is 10.3 Å². The van der Waals surface area contributed by atoms with Crippen LogP contribution in [0.3, 0.4) is 0 Å². The van der Waals surface area contributed by atoms with Gasteiger partial charge in [0.05, 0.1) is 33.4 Å². The standard InChI is InChI=1S/C19H17Cl3F3N3OS/c1-2-5-28(9-12-4-3-6-29-12)10-15-17(19(23,24)25)27-18(30-15)26-16-13(21)7-11(20)8-14(16)22/h3-4,6-8H,2,5,9-10H2,1H3,(H,26,27). The number of aromatic nitrogens is 1. The molecule has 30 heavy (non-hydrogen) atoms. The van der Waals surface area contributed by atoms with Crippen molar-refractivity contribution in [2.24, 2.45) is 0 Å². The van der Waals surface area contributed by atoms with E-state index in [1.54, 1.807) is 12.1 Å². The number of alkyl halides is 3. The van der Waals surface area contributed by atoms with Crippen molar-refractivity contribution in [3.8, 4) is 0 Å². The SMILES string of the molecule is CCCN(Cc1ccco1)Cc1sc(Nc2c(Cl)cc(Cl)cc2Cl)nc1C(F)(F)F. The highest BCUT2D eigenvalue weighted by Crippen LogP contribution is 2.41. The van der Waals surface area contributed by atoms with Crippen molar-refractivity contribution in [3.05, 3.63) is 61.9 Å². The molecule has 0 saturated heterocycles. The lowest BCUT2D eigenvalue weighted by atomic mass is 10.3. The Labute approximate surface area is 190 Å². The van der Waals surface area contributed by atoms with Gasteiger partial charge in [-0.25, -0.2) is 4.98 Å². The third kappa shape index (κ3) is 5.82. The summed E-state index contributed by atoms with van der Waals surface area (Å²) in [6.07, 6.45) is -2.28. The van der Waals surface area contributed by atoms with Gasteiger partial charge in [0.2, 0.25) is 0 Å². The van der Waals surface area contributed by atoms with E-state index in [0.717, 1.165) is 17.8 Å². The summed E-state index contributed by atoms with van der Waals surface area (Å²) in [6, 6.07) is 6.43. The zero-order valence-electron chi connectivity index (χ0n) is 15.7. The van der Waals surface area contributed by atoms with Crippen LogP contribution in [0.1, 0.15) is 29.7 Å². The maximum absolute atomic E-state index is 13.6. The third-order valence-corrected chi connectivity index (χ3v) is 5.84. The van der Waals surface area contributed by atoms with E-state index in [1.807, 2.05) is 11.8 Å². The molecule has 3 rings (SSSR count). The summed E-state index contributed by atoms with van der Waals surface area (Å²) in [5.74, 6) is 0.680. The summed E-state index contributed by atoms with van der Waals surface area (Å²) in [4.78, 5) is 5.75. The van der Waals surface area contributed by atoms with Crippen molar-refractivity contribution in [3.63, 3.8) is 0 Å². The average molecular weight is 499 g/mol. The van der Waals surface area contributed by atoms with Gasteiger partial charge in [-0.05, 0) is 37.2 Å². The van der Waals surface area contributed by atoms with Gasteiger partial charge in [0.15, 0.2) is 10.8 Å².